The van der Waals surface area contributed by atoms with Crippen molar-refractivity contribution in [3.05, 3.63) is 0 Å². The molecule has 4 nitrogen and oxygen atoms in total. The third-order valence-corrected chi connectivity index (χ3v) is 3.44. The fourth-order valence-corrected chi connectivity index (χ4v) is 2.60. The van der Waals surface area contributed by atoms with Crippen LogP contribution in [0.2, 0.25) is 0 Å². The number of thioether (sulfide) groups is 1. The van der Waals surface area contributed by atoms with Gasteiger partial charge in [-0.1, -0.05) is 18.7 Å². The van der Waals surface area contributed by atoms with E-state index in [0.717, 1.165) is 17.3 Å². The molecule has 17 heavy (non-hydrogen) atoms. The Morgan fingerprint density at radius 1 is 1.59 bits per heavy atom. The highest BCUT2D eigenvalue weighted by atomic mass is 32.2. The van der Waals surface area contributed by atoms with Crippen LogP contribution in [0.3, 0.4) is 0 Å². The molecule has 1 aliphatic rings. The summed E-state index contributed by atoms with van der Waals surface area (Å²) in [6.07, 6.45) is 1.58. The average Bonchev–Trinajstić information content (AvgIpc) is 2.63. The topological polar surface area (TPSA) is 53.5 Å². The van der Waals surface area contributed by atoms with E-state index in [0.29, 0.717) is 19.0 Å². The van der Waals surface area contributed by atoms with Crippen molar-refractivity contribution in [1.82, 2.24) is 10.6 Å². The molecular formula is C12H23N3OS. The molecule has 1 heterocycles. The van der Waals surface area contributed by atoms with E-state index >= 15 is 0 Å². The largest absolute Gasteiger partial charge is 0.361 e. The molecule has 1 amide bonds. The van der Waals surface area contributed by atoms with Gasteiger partial charge in [0, 0.05) is 23.8 Å². The molecule has 0 aromatic heterocycles. The smallest absolute Gasteiger partial charge is 0.222 e. The van der Waals surface area contributed by atoms with E-state index < -0.39 is 0 Å². The number of carbonyl (C=O) groups excluding carboxylic acids is 1. The highest BCUT2D eigenvalue weighted by Gasteiger charge is 2.18. The minimum Gasteiger partial charge on any atom is -0.361 e. The van der Waals surface area contributed by atoms with Gasteiger partial charge >= 0.3 is 0 Å². The van der Waals surface area contributed by atoms with Gasteiger partial charge in [-0.2, -0.15) is 0 Å². The van der Waals surface area contributed by atoms with Gasteiger partial charge in [0.1, 0.15) is 0 Å². The summed E-state index contributed by atoms with van der Waals surface area (Å²) in [5, 5.41) is 7.26. The number of rotatable bonds is 4. The van der Waals surface area contributed by atoms with Crippen LogP contribution in [0.4, 0.5) is 0 Å². The van der Waals surface area contributed by atoms with Gasteiger partial charge < -0.3 is 10.6 Å². The minimum atomic E-state index is -0.155. The minimum absolute atomic E-state index is 0.0666. The number of carbonyl (C=O) groups is 1. The molecule has 1 aliphatic heterocycles. The van der Waals surface area contributed by atoms with Crippen LogP contribution in [0.1, 0.15) is 40.5 Å². The molecular weight excluding hydrogens is 234 g/mol. The van der Waals surface area contributed by atoms with Gasteiger partial charge in [0.15, 0.2) is 5.17 Å². The van der Waals surface area contributed by atoms with Crippen LogP contribution in [0, 0.1) is 0 Å². The average molecular weight is 257 g/mol. The zero-order chi connectivity index (χ0) is 12.9. The van der Waals surface area contributed by atoms with Gasteiger partial charge in [0.05, 0.1) is 6.54 Å². The molecule has 5 heteroatoms. The predicted molar refractivity (Wildman–Crippen MR) is 74.5 cm³/mol. The molecule has 2 N–H and O–H groups in total. The lowest BCUT2D eigenvalue weighted by Crippen LogP contribution is -2.40. The predicted octanol–water partition coefficient (Wildman–Crippen LogP) is 1.76. The summed E-state index contributed by atoms with van der Waals surface area (Å²) in [4.78, 5) is 15.9. The van der Waals surface area contributed by atoms with E-state index in [4.69, 9.17) is 0 Å². The van der Waals surface area contributed by atoms with Gasteiger partial charge in [-0.15, -0.1) is 0 Å². The molecule has 0 bridgehead atoms. The molecule has 1 saturated heterocycles. The SMILES string of the molecule is CCC1CSC(=NCCC(=O)NC(C)(C)C)N1. The van der Waals surface area contributed by atoms with Crippen LogP contribution < -0.4 is 10.6 Å². The first-order valence-electron chi connectivity index (χ1n) is 6.15. The Morgan fingerprint density at radius 2 is 2.29 bits per heavy atom. The molecule has 0 aromatic carbocycles. The fraction of sp³-hybridized carbons (Fsp3) is 0.833. The third kappa shape index (κ3) is 5.96. The maximum absolute atomic E-state index is 11.5. The number of hydrogen-bond acceptors (Lipinski definition) is 3. The lowest BCUT2D eigenvalue weighted by molar-refractivity contribution is -0.122. The molecule has 0 saturated carbocycles. The molecule has 1 fully saturated rings. The first-order valence-corrected chi connectivity index (χ1v) is 7.14. The molecule has 0 radical (unpaired) electrons. The zero-order valence-electron chi connectivity index (χ0n) is 11.2. The monoisotopic (exact) mass is 257 g/mol. The van der Waals surface area contributed by atoms with Crippen LogP contribution >= 0.6 is 11.8 Å². The summed E-state index contributed by atoms with van der Waals surface area (Å²) >= 11 is 1.75. The van der Waals surface area contributed by atoms with Crippen molar-refractivity contribution in [2.75, 3.05) is 12.3 Å². The van der Waals surface area contributed by atoms with Gasteiger partial charge in [-0.3, -0.25) is 9.79 Å². The summed E-state index contributed by atoms with van der Waals surface area (Å²) in [5.74, 6) is 1.15. The second-order valence-corrected chi connectivity index (χ2v) is 6.30. The van der Waals surface area contributed by atoms with Crippen LogP contribution in [-0.2, 0) is 4.79 Å². The van der Waals surface area contributed by atoms with E-state index in [-0.39, 0.29) is 11.4 Å². The highest BCUT2D eigenvalue weighted by molar-refractivity contribution is 8.14. The Kier molecular flexibility index (Phi) is 5.31. The van der Waals surface area contributed by atoms with E-state index in [1.807, 2.05) is 20.8 Å². The van der Waals surface area contributed by atoms with Crippen molar-refractivity contribution in [2.24, 2.45) is 4.99 Å². The van der Waals surface area contributed by atoms with Crippen molar-refractivity contribution >= 4 is 22.8 Å². The number of amidine groups is 1. The van der Waals surface area contributed by atoms with Gasteiger partial charge in [-0.25, -0.2) is 0 Å². The van der Waals surface area contributed by atoms with Gasteiger partial charge in [0.25, 0.3) is 0 Å². The van der Waals surface area contributed by atoms with Crippen molar-refractivity contribution in [3.63, 3.8) is 0 Å². The summed E-state index contributed by atoms with van der Waals surface area (Å²) < 4.78 is 0. The maximum atomic E-state index is 11.5. The molecule has 1 atom stereocenters. The number of nitrogens with one attached hydrogen (secondary N) is 2. The summed E-state index contributed by atoms with van der Waals surface area (Å²) in [7, 11) is 0. The molecule has 1 rings (SSSR count). The van der Waals surface area contributed by atoms with E-state index in [9.17, 15) is 4.79 Å². The van der Waals surface area contributed by atoms with E-state index in [1.54, 1.807) is 11.8 Å². The molecule has 1 unspecified atom stereocenters. The summed E-state index contributed by atoms with van der Waals surface area (Å²) in [6, 6.07) is 0.544. The summed E-state index contributed by atoms with van der Waals surface area (Å²) in [5.41, 5.74) is -0.155. The Labute approximate surface area is 108 Å². The fourth-order valence-electron chi connectivity index (χ4n) is 1.49. The van der Waals surface area contributed by atoms with Crippen LogP contribution in [0.15, 0.2) is 4.99 Å². The Hall–Kier alpha value is -0.710. The quantitative estimate of drug-likeness (QED) is 0.807. The van der Waals surface area contributed by atoms with E-state index in [2.05, 4.69) is 22.5 Å². The number of nitrogens with zero attached hydrogens (tertiary/aromatic N) is 1. The van der Waals surface area contributed by atoms with E-state index in [1.165, 1.54) is 0 Å². The second-order valence-electron chi connectivity index (χ2n) is 5.30. The molecule has 0 spiro atoms. The Morgan fingerprint density at radius 3 is 2.82 bits per heavy atom. The third-order valence-electron chi connectivity index (χ3n) is 2.35. The molecule has 98 valence electrons. The molecule has 0 aromatic rings. The van der Waals surface area contributed by atoms with Crippen molar-refractivity contribution < 1.29 is 4.79 Å². The van der Waals surface area contributed by atoms with Crippen LogP contribution in [0.5, 0.6) is 0 Å². The van der Waals surface area contributed by atoms with Crippen LogP contribution in [0.25, 0.3) is 0 Å². The lowest BCUT2D eigenvalue weighted by Gasteiger charge is -2.20. The molecule has 0 aliphatic carbocycles. The first kappa shape index (κ1) is 14.4. The van der Waals surface area contributed by atoms with Crippen LogP contribution in [-0.4, -0.2) is 35.0 Å². The van der Waals surface area contributed by atoms with Crippen molar-refractivity contribution in [2.45, 2.75) is 52.1 Å². The first-order chi connectivity index (χ1) is 7.90. The highest BCUT2D eigenvalue weighted by Crippen LogP contribution is 2.15. The van der Waals surface area contributed by atoms with Crippen molar-refractivity contribution in [3.8, 4) is 0 Å². The standard InChI is InChI=1S/C12H23N3OS/c1-5-9-8-17-11(14-9)13-7-6-10(16)15-12(2,3)4/h9H,5-8H2,1-4H3,(H,13,14)(H,15,16). The second kappa shape index (κ2) is 6.28. The number of aliphatic imine (C=N–C) groups is 1. The Bertz CT molecular complexity index is 297. The number of amides is 1. The normalized spacial score (nSPS) is 22.6. The maximum Gasteiger partial charge on any atom is 0.222 e. The van der Waals surface area contributed by atoms with Crippen molar-refractivity contribution in [1.29, 1.82) is 0 Å². The Balaban J connectivity index is 2.24. The van der Waals surface area contributed by atoms with Gasteiger partial charge in [0.2, 0.25) is 5.91 Å². The van der Waals surface area contributed by atoms with Gasteiger partial charge in [-0.05, 0) is 27.2 Å². The number of hydrogen-bond donors (Lipinski definition) is 2. The summed E-state index contributed by atoms with van der Waals surface area (Å²) in [6.45, 7) is 8.68. The lowest BCUT2D eigenvalue weighted by atomic mass is 10.1. The zero-order valence-corrected chi connectivity index (χ0v) is 12.0.